The minimum atomic E-state index is -0.440. The predicted octanol–water partition coefficient (Wildman–Crippen LogP) is 3.74. The van der Waals surface area contributed by atoms with Gasteiger partial charge in [-0.3, -0.25) is 9.59 Å². The van der Waals surface area contributed by atoms with Gasteiger partial charge in [-0.05, 0) is 31.2 Å². The lowest BCUT2D eigenvalue weighted by molar-refractivity contribution is -0.123. The molecule has 21 heavy (non-hydrogen) atoms. The van der Waals surface area contributed by atoms with Crippen LogP contribution in [0, 0.1) is 5.41 Å². The molecule has 2 amide bonds. The number of anilines is 2. The number of rotatable bonds is 4. The van der Waals surface area contributed by atoms with E-state index in [0.717, 1.165) is 0 Å². The van der Waals surface area contributed by atoms with Gasteiger partial charge in [0.1, 0.15) is 0 Å². The van der Waals surface area contributed by atoms with Crippen molar-refractivity contribution >= 4 is 23.2 Å². The third kappa shape index (κ3) is 6.08. The highest BCUT2D eigenvalue weighted by Gasteiger charge is 2.20. The summed E-state index contributed by atoms with van der Waals surface area (Å²) in [6.07, 6.45) is 6.75. The Bertz CT molecular complexity index is 549. The van der Waals surface area contributed by atoms with Crippen LogP contribution in [0.1, 0.15) is 27.7 Å². The normalized spacial score (nSPS) is 11.8. The van der Waals surface area contributed by atoms with E-state index < -0.39 is 5.41 Å². The first-order valence-electron chi connectivity index (χ1n) is 6.85. The van der Waals surface area contributed by atoms with Gasteiger partial charge in [0.25, 0.3) is 0 Å². The lowest BCUT2D eigenvalue weighted by Gasteiger charge is -2.17. The van der Waals surface area contributed by atoms with Crippen LogP contribution in [0.15, 0.2) is 48.6 Å². The van der Waals surface area contributed by atoms with Gasteiger partial charge in [-0.15, -0.1) is 0 Å². The zero-order valence-corrected chi connectivity index (χ0v) is 12.9. The van der Waals surface area contributed by atoms with Crippen LogP contribution in [0.25, 0.3) is 0 Å². The fourth-order valence-electron chi connectivity index (χ4n) is 1.39. The second-order valence-corrected chi connectivity index (χ2v) is 5.66. The lowest BCUT2D eigenvalue weighted by Crippen LogP contribution is -2.27. The minimum Gasteiger partial charge on any atom is -0.326 e. The van der Waals surface area contributed by atoms with E-state index in [1.54, 1.807) is 36.4 Å². The zero-order chi connectivity index (χ0) is 15.9. The molecule has 112 valence electrons. The molecule has 0 heterocycles. The quantitative estimate of drug-likeness (QED) is 0.654. The van der Waals surface area contributed by atoms with Crippen molar-refractivity contribution in [3.05, 3.63) is 48.6 Å². The number of amides is 2. The Kier molecular flexibility index (Phi) is 5.91. The third-order valence-electron chi connectivity index (χ3n) is 2.64. The molecule has 0 aliphatic rings. The van der Waals surface area contributed by atoms with Crippen LogP contribution < -0.4 is 10.6 Å². The summed E-state index contributed by atoms with van der Waals surface area (Å²) in [6.45, 7) is 7.45. The average Bonchev–Trinajstić information content (AvgIpc) is 2.40. The van der Waals surface area contributed by atoms with E-state index in [-0.39, 0.29) is 11.8 Å². The summed E-state index contributed by atoms with van der Waals surface area (Å²) in [6, 6.07) is 7.02. The summed E-state index contributed by atoms with van der Waals surface area (Å²) in [5.41, 5.74) is 0.945. The number of hydrogen-bond donors (Lipinski definition) is 2. The van der Waals surface area contributed by atoms with Crippen molar-refractivity contribution in [2.45, 2.75) is 27.7 Å². The molecule has 0 radical (unpaired) electrons. The van der Waals surface area contributed by atoms with Crippen molar-refractivity contribution in [2.75, 3.05) is 10.6 Å². The van der Waals surface area contributed by atoms with Gasteiger partial charge >= 0.3 is 0 Å². The summed E-state index contributed by atoms with van der Waals surface area (Å²) in [4.78, 5) is 23.4. The fraction of sp³-hybridized carbons (Fsp3) is 0.294. The van der Waals surface area contributed by atoms with Gasteiger partial charge in [0.05, 0.1) is 0 Å². The maximum Gasteiger partial charge on any atom is 0.248 e. The van der Waals surface area contributed by atoms with Crippen LogP contribution in [0.3, 0.4) is 0 Å². The average molecular weight is 286 g/mol. The first-order valence-corrected chi connectivity index (χ1v) is 6.85. The summed E-state index contributed by atoms with van der Waals surface area (Å²) in [5.74, 6) is -0.242. The van der Waals surface area contributed by atoms with Crippen molar-refractivity contribution in [2.24, 2.45) is 5.41 Å². The summed E-state index contributed by atoms with van der Waals surface area (Å²) < 4.78 is 0. The molecule has 1 aromatic rings. The van der Waals surface area contributed by atoms with E-state index >= 15 is 0 Å². The molecular formula is C17H22N2O2. The molecule has 1 rings (SSSR count). The van der Waals surface area contributed by atoms with Crippen LogP contribution in [0.5, 0.6) is 0 Å². The second kappa shape index (κ2) is 7.43. The standard InChI is InChI=1S/C17H22N2O2/c1-5-6-7-8-15(20)18-13-9-11-14(12-10-13)19-16(21)17(2,3)4/h5-12H,1-4H3,(H,18,20)(H,19,21)/b6-5+,8-7+. The Morgan fingerprint density at radius 1 is 0.952 bits per heavy atom. The van der Waals surface area contributed by atoms with Gasteiger partial charge in [-0.2, -0.15) is 0 Å². The molecule has 0 fully saturated rings. The van der Waals surface area contributed by atoms with Crippen LogP contribution >= 0.6 is 0 Å². The van der Waals surface area contributed by atoms with Gasteiger partial charge in [-0.1, -0.05) is 39.0 Å². The Hall–Kier alpha value is -2.36. The van der Waals surface area contributed by atoms with Crippen LogP contribution in [0.2, 0.25) is 0 Å². The highest BCUT2D eigenvalue weighted by molar-refractivity contribution is 6.00. The zero-order valence-electron chi connectivity index (χ0n) is 12.9. The molecule has 0 unspecified atom stereocenters. The van der Waals surface area contributed by atoms with Crippen molar-refractivity contribution in [1.82, 2.24) is 0 Å². The van der Waals surface area contributed by atoms with E-state index in [2.05, 4.69) is 10.6 Å². The van der Waals surface area contributed by atoms with E-state index in [1.165, 1.54) is 6.08 Å². The Balaban J connectivity index is 2.62. The van der Waals surface area contributed by atoms with Crippen LogP contribution in [-0.4, -0.2) is 11.8 Å². The SMILES string of the molecule is C/C=C/C=C/C(=O)Nc1ccc(NC(=O)C(C)(C)C)cc1. The van der Waals surface area contributed by atoms with Gasteiger partial charge in [-0.25, -0.2) is 0 Å². The Labute approximate surface area is 125 Å². The first kappa shape index (κ1) is 16.7. The van der Waals surface area contributed by atoms with E-state index in [1.807, 2.05) is 33.8 Å². The monoisotopic (exact) mass is 286 g/mol. The van der Waals surface area contributed by atoms with E-state index in [9.17, 15) is 9.59 Å². The number of carbonyl (C=O) groups excluding carboxylic acids is 2. The fourth-order valence-corrected chi connectivity index (χ4v) is 1.39. The largest absolute Gasteiger partial charge is 0.326 e. The Morgan fingerprint density at radius 3 is 1.95 bits per heavy atom. The molecule has 0 spiro atoms. The van der Waals surface area contributed by atoms with Gasteiger partial charge < -0.3 is 10.6 Å². The smallest absolute Gasteiger partial charge is 0.248 e. The number of hydrogen-bond acceptors (Lipinski definition) is 2. The third-order valence-corrected chi connectivity index (χ3v) is 2.64. The summed E-state index contributed by atoms with van der Waals surface area (Å²) in [7, 11) is 0. The van der Waals surface area contributed by atoms with E-state index in [4.69, 9.17) is 0 Å². The number of carbonyl (C=O) groups is 2. The topological polar surface area (TPSA) is 58.2 Å². The molecule has 0 atom stereocenters. The molecular weight excluding hydrogens is 264 g/mol. The van der Waals surface area contributed by atoms with Gasteiger partial charge in [0, 0.05) is 22.9 Å². The molecule has 4 nitrogen and oxygen atoms in total. The number of benzene rings is 1. The molecule has 1 aromatic carbocycles. The lowest BCUT2D eigenvalue weighted by atomic mass is 9.95. The van der Waals surface area contributed by atoms with Crippen molar-refractivity contribution in [3.63, 3.8) is 0 Å². The highest BCUT2D eigenvalue weighted by Crippen LogP contribution is 2.19. The molecule has 2 N–H and O–H groups in total. The molecule has 0 saturated heterocycles. The maximum absolute atomic E-state index is 11.8. The molecule has 0 aromatic heterocycles. The molecule has 0 saturated carbocycles. The highest BCUT2D eigenvalue weighted by atomic mass is 16.2. The number of nitrogens with one attached hydrogen (secondary N) is 2. The molecule has 0 bridgehead atoms. The minimum absolute atomic E-state index is 0.0476. The summed E-state index contributed by atoms with van der Waals surface area (Å²) in [5, 5.41) is 5.57. The van der Waals surface area contributed by atoms with Crippen LogP contribution in [-0.2, 0) is 9.59 Å². The Morgan fingerprint density at radius 2 is 1.48 bits per heavy atom. The predicted molar refractivity (Wildman–Crippen MR) is 87.1 cm³/mol. The molecule has 4 heteroatoms. The van der Waals surface area contributed by atoms with Crippen molar-refractivity contribution < 1.29 is 9.59 Å². The van der Waals surface area contributed by atoms with Crippen molar-refractivity contribution in [1.29, 1.82) is 0 Å². The summed E-state index contributed by atoms with van der Waals surface area (Å²) >= 11 is 0. The number of allylic oxidation sites excluding steroid dienone is 3. The maximum atomic E-state index is 11.8. The van der Waals surface area contributed by atoms with E-state index in [0.29, 0.717) is 11.4 Å². The van der Waals surface area contributed by atoms with Gasteiger partial charge in [0.15, 0.2) is 0 Å². The second-order valence-electron chi connectivity index (χ2n) is 5.66. The van der Waals surface area contributed by atoms with Crippen LogP contribution in [0.4, 0.5) is 11.4 Å². The van der Waals surface area contributed by atoms with Gasteiger partial charge in [0.2, 0.25) is 11.8 Å². The molecule has 0 aliphatic heterocycles. The first-order chi connectivity index (χ1) is 9.82. The van der Waals surface area contributed by atoms with Crippen molar-refractivity contribution in [3.8, 4) is 0 Å². The molecule has 0 aliphatic carbocycles.